The summed E-state index contributed by atoms with van der Waals surface area (Å²) in [6.07, 6.45) is 2.77. The molecule has 1 atom stereocenters. The quantitative estimate of drug-likeness (QED) is 0.527. The molecule has 0 saturated heterocycles. The van der Waals surface area contributed by atoms with Gasteiger partial charge in [0.25, 0.3) is 0 Å². The second kappa shape index (κ2) is 11.8. The zero-order valence-electron chi connectivity index (χ0n) is 18.5. The van der Waals surface area contributed by atoms with E-state index in [4.69, 9.17) is 11.6 Å². The van der Waals surface area contributed by atoms with Crippen LogP contribution >= 0.6 is 11.6 Å². The van der Waals surface area contributed by atoms with E-state index < -0.39 is 6.04 Å². The minimum Gasteiger partial charge on any atom is -0.354 e. The number of nitrogens with zero attached hydrogens (tertiary/aromatic N) is 1. The van der Waals surface area contributed by atoms with Crippen LogP contribution in [0.4, 0.5) is 0 Å². The molecule has 0 aliphatic carbocycles. The van der Waals surface area contributed by atoms with Crippen LogP contribution in [-0.2, 0) is 22.6 Å². The fraction of sp³-hybridized carbons (Fsp3) is 0.440. The molecule has 0 aromatic heterocycles. The lowest BCUT2D eigenvalue weighted by atomic mass is 10.0. The van der Waals surface area contributed by atoms with Crippen LogP contribution in [-0.4, -0.2) is 29.3 Å². The number of rotatable bonds is 10. The highest BCUT2D eigenvalue weighted by atomic mass is 35.5. The summed E-state index contributed by atoms with van der Waals surface area (Å²) in [5, 5.41) is 3.64. The van der Waals surface area contributed by atoms with Crippen molar-refractivity contribution in [2.24, 2.45) is 0 Å². The minimum absolute atomic E-state index is 0.0503. The van der Waals surface area contributed by atoms with Crippen LogP contribution in [0.15, 0.2) is 42.5 Å². The van der Waals surface area contributed by atoms with Gasteiger partial charge >= 0.3 is 0 Å². The highest BCUT2D eigenvalue weighted by Crippen LogP contribution is 2.18. The molecule has 2 aromatic rings. The van der Waals surface area contributed by atoms with Crippen molar-refractivity contribution < 1.29 is 9.59 Å². The van der Waals surface area contributed by atoms with Gasteiger partial charge in [-0.25, -0.2) is 0 Å². The molecule has 1 N–H and O–H groups in total. The highest BCUT2D eigenvalue weighted by Gasteiger charge is 2.28. The maximum Gasteiger partial charge on any atom is 0.242 e. The number of carbonyl (C=O) groups excluding carboxylic acids is 2. The molecule has 30 heavy (non-hydrogen) atoms. The monoisotopic (exact) mass is 428 g/mol. The van der Waals surface area contributed by atoms with Gasteiger partial charge < -0.3 is 10.2 Å². The van der Waals surface area contributed by atoms with Gasteiger partial charge in [-0.15, -0.1) is 0 Å². The Kier molecular flexibility index (Phi) is 9.38. The van der Waals surface area contributed by atoms with Crippen molar-refractivity contribution in [1.82, 2.24) is 10.2 Å². The molecular weight excluding hydrogens is 396 g/mol. The second-order valence-corrected chi connectivity index (χ2v) is 8.25. The van der Waals surface area contributed by atoms with Crippen LogP contribution in [0, 0.1) is 13.8 Å². The highest BCUT2D eigenvalue weighted by molar-refractivity contribution is 6.30. The molecule has 0 saturated carbocycles. The zero-order valence-corrected chi connectivity index (χ0v) is 19.3. The number of aryl methyl sites for hydroxylation is 2. The molecule has 2 amide bonds. The van der Waals surface area contributed by atoms with E-state index in [0.29, 0.717) is 24.5 Å². The average molecular weight is 429 g/mol. The SMILES string of the molecule is CCCCNC(=O)C(CC)N(Cc1ccc(Cl)cc1)C(=O)Cc1ccc(C)c(C)c1. The van der Waals surface area contributed by atoms with Gasteiger partial charge in [0.2, 0.25) is 11.8 Å². The fourth-order valence-electron chi connectivity index (χ4n) is 3.40. The Bertz CT molecular complexity index is 849. The molecule has 0 spiro atoms. The molecule has 0 aliphatic heterocycles. The fourth-order valence-corrected chi connectivity index (χ4v) is 3.53. The summed E-state index contributed by atoms with van der Waals surface area (Å²) >= 11 is 6.01. The lowest BCUT2D eigenvalue weighted by Gasteiger charge is -2.31. The van der Waals surface area contributed by atoms with Gasteiger partial charge in [0.15, 0.2) is 0 Å². The minimum atomic E-state index is -0.503. The summed E-state index contributed by atoms with van der Waals surface area (Å²) < 4.78 is 0. The smallest absolute Gasteiger partial charge is 0.242 e. The zero-order chi connectivity index (χ0) is 22.1. The van der Waals surface area contributed by atoms with Gasteiger partial charge in [-0.3, -0.25) is 9.59 Å². The maximum atomic E-state index is 13.3. The summed E-state index contributed by atoms with van der Waals surface area (Å²) in [6, 6.07) is 13.0. The van der Waals surface area contributed by atoms with Crippen molar-refractivity contribution in [3.8, 4) is 0 Å². The normalized spacial score (nSPS) is 11.8. The number of hydrogen-bond acceptors (Lipinski definition) is 2. The Balaban J connectivity index is 2.25. The summed E-state index contributed by atoms with van der Waals surface area (Å²) in [6.45, 7) is 9.14. The second-order valence-electron chi connectivity index (χ2n) is 7.81. The number of nitrogens with one attached hydrogen (secondary N) is 1. The predicted molar refractivity (Wildman–Crippen MR) is 124 cm³/mol. The first-order chi connectivity index (χ1) is 14.3. The predicted octanol–water partition coefficient (Wildman–Crippen LogP) is 5.22. The molecule has 4 nitrogen and oxygen atoms in total. The first kappa shape index (κ1) is 23.9. The standard InChI is InChI=1S/C25H33ClN2O2/c1-5-7-14-27-25(30)23(6-2)28(17-20-10-12-22(26)13-11-20)24(29)16-21-9-8-18(3)19(4)15-21/h8-13,15,23H,5-7,14,16-17H2,1-4H3,(H,27,30). The van der Waals surface area contributed by atoms with E-state index in [-0.39, 0.29) is 18.2 Å². The number of halogens is 1. The number of unbranched alkanes of at least 4 members (excludes halogenated alkanes) is 1. The van der Waals surface area contributed by atoms with E-state index in [2.05, 4.69) is 25.2 Å². The van der Waals surface area contributed by atoms with Crippen molar-refractivity contribution in [2.75, 3.05) is 6.54 Å². The van der Waals surface area contributed by atoms with E-state index >= 15 is 0 Å². The van der Waals surface area contributed by atoms with E-state index in [1.165, 1.54) is 5.56 Å². The molecular formula is C25H33ClN2O2. The molecule has 162 valence electrons. The maximum absolute atomic E-state index is 13.3. The average Bonchev–Trinajstić information content (AvgIpc) is 2.72. The van der Waals surface area contributed by atoms with Gasteiger partial charge in [-0.1, -0.05) is 62.2 Å². The van der Waals surface area contributed by atoms with E-state index in [9.17, 15) is 9.59 Å². The Morgan fingerprint density at radius 1 is 1.00 bits per heavy atom. The number of hydrogen-bond donors (Lipinski definition) is 1. The van der Waals surface area contributed by atoms with Crippen molar-refractivity contribution in [3.05, 3.63) is 69.7 Å². The molecule has 2 aromatic carbocycles. The van der Waals surface area contributed by atoms with Crippen LogP contribution in [0.2, 0.25) is 5.02 Å². The van der Waals surface area contributed by atoms with Gasteiger partial charge in [0.05, 0.1) is 6.42 Å². The summed E-state index contributed by atoms with van der Waals surface area (Å²) in [7, 11) is 0. The number of benzene rings is 2. The molecule has 5 heteroatoms. The van der Waals surface area contributed by atoms with E-state index in [0.717, 1.165) is 29.5 Å². The van der Waals surface area contributed by atoms with Gasteiger partial charge in [-0.2, -0.15) is 0 Å². The summed E-state index contributed by atoms with van der Waals surface area (Å²) in [5.41, 5.74) is 4.28. The molecule has 0 bridgehead atoms. The summed E-state index contributed by atoms with van der Waals surface area (Å²) in [5.74, 6) is -0.140. The van der Waals surface area contributed by atoms with Crippen molar-refractivity contribution >= 4 is 23.4 Å². The van der Waals surface area contributed by atoms with E-state index in [1.807, 2.05) is 50.2 Å². The molecule has 1 unspecified atom stereocenters. The molecule has 0 heterocycles. The van der Waals surface area contributed by atoms with Crippen LogP contribution in [0.1, 0.15) is 55.4 Å². The summed E-state index contributed by atoms with van der Waals surface area (Å²) in [4.78, 5) is 27.9. The van der Waals surface area contributed by atoms with Crippen molar-refractivity contribution in [2.45, 2.75) is 66.0 Å². The molecule has 0 fully saturated rings. The third-order valence-electron chi connectivity index (χ3n) is 5.41. The Hall–Kier alpha value is -2.33. The Morgan fingerprint density at radius 3 is 2.27 bits per heavy atom. The molecule has 2 rings (SSSR count). The Morgan fingerprint density at radius 2 is 1.67 bits per heavy atom. The van der Waals surface area contributed by atoms with Gasteiger partial charge in [-0.05, 0) is 61.1 Å². The largest absolute Gasteiger partial charge is 0.354 e. The van der Waals surface area contributed by atoms with Gasteiger partial charge in [0, 0.05) is 18.1 Å². The van der Waals surface area contributed by atoms with Crippen LogP contribution in [0.3, 0.4) is 0 Å². The van der Waals surface area contributed by atoms with E-state index in [1.54, 1.807) is 4.90 Å². The first-order valence-electron chi connectivity index (χ1n) is 10.7. The third kappa shape index (κ3) is 6.88. The third-order valence-corrected chi connectivity index (χ3v) is 5.66. The van der Waals surface area contributed by atoms with Crippen LogP contribution in [0.5, 0.6) is 0 Å². The van der Waals surface area contributed by atoms with Crippen LogP contribution < -0.4 is 5.32 Å². The lowest BCUT2D eigenvalue weighted by Crippen LogP contribution is -2.49. The number of amides is 2. The number of carbonyl (C=O) groups is 2. The topological polar surface area (TPSA) is 49.4 Å². The molecule has 0 aliphatic rings. The first-order valence-corrected chi connectivity index (χ1v) is 11.1. The van der Waals surface area contributed by atoms with Crippen LogP contribution in [0.25, 0.3) is 0 Å². The Labute approximate surface area is 185 Å². The van der Waals surface area contributed by atoms with Gasteiger partial charge in [0.1, 0.15) is 6.04 Å². The van der Waals surface area contributed by atoms with Crippen molar-refractivity contribution in [1.29, 1.82) is 0 Å². The molecule has 0 radical (unpaired) electrons. The lowest BCUT2D eigenvalue weighted by molar-refractivity contribution is -0.140. The van der Waals surface area contributed by atoms with Crippen molar-refractivity contribution in [3.63, 3.8) is 0 Å².